The Labute approximate surface area is 134 Å². The highest BCUT2D eigenvalue weighted by Gasteiger charge is 2.36. The number of hydrogen-bond donors (Lipinski definition) is 2. The molecule has 22 heavy (non-hydrogen) atoms. The molecule has 2 rings (SSSR count). The molecular weight excluding hydrogens is 270 g/mol. The highest BCUT2D eigenvalue weighted by atomic mass is 16.3. The molecule has 2 heteroatoms. The molecule has 0 aliphatic rings. The van der Waals surface area contributed by atoms with E-state index in [4.69, 9.17) is 5.73 Å². The monoisotopic (exact) mass is 299 g/mol. The van der Waals surface area contributed by atoms with E-state index in [1.165, 1.54) is 10.8 Å². The molecule has 120 valence electrons. The van der Waals surface area contributed by atoms with Gasteiger partial charge in [-0.25, -0.2) is 0 Å². The van der Waals surface area contributed by atoms with Gasteiger partial charge in [-0.05, 0) is 47.1 Å². The minimum absolute atomic E-state index is 0.359. The van der Waals surface area contributed by atoms with E-state index in [0.29, 0.717) is 11.8 Å². The smallest absolute Gasteiger partial charge is 0.0844 e. The fraction of sp³-hybridized carbons (Fsp3) is 0.500. The highest BCUT2D eigenvalue weighted by molar-refractivity contribution is 5.83. The van der Waals surface area contributed by atoms with Crippen molar-refractivity contribution in [3.63, 3.8) is 0 Å². The zero-order valence-electron chi connectivity index (χ0n) is 14.2. The normalized spacial score (nSPS) is 14.0. The van der Waals surface area contributed by atoms with Gasteiger partial charge in [-0.3, -0.25) is 0 Å². The molecular formula is C20H29NO. The summed E-state index contributed by atoms with van der Waals surface area (Å²) < 4.78 is 0. The largest absolute Gasteiger partial charge is 0.388 e. The summed E-state index contributed by atoms with van der Waals surface area (Å²) in [7, 11) is 0. The van der Waals surface area contributed by atoms with Crippen LogP contribution in [-0.4, -0.2) is 10.7 Å². The Morgan fingerprint density at radius 3 is 2.00 bits per heavy atom. The van der Waals surface area contributed by atoms with Crippen molar-refractivity contribution in [2.24, 2.45) is 17.6 Å². The molecule has 0 amide bonds. The van der Waals surface area contributed by atoms with E-state index in [2.05, 4.69) is 58.0 Å². The maximum atomic E-state index is 11.2. The Balaban J connectivity index is 2.36. The molecule has 0 aliphatic carbocycles. The highest BCUT2D eigenvalue weighted by Crippen LogP contribution is 2.36. The summed E-state index contributed by atoms with van der Waals surface area (Å²) in [4.78, 5) is 0. The Kier molecular flexibility index (Phi) is 5.25. The van der Waals surface area contributed by atoms with Crippen molar-refractivity contribution >= 4 is 10.8 Å². The summed E-state index contributed by atoms with van der Waals surface area (Å²) in [6.07, 6.45) is 1.44. The van der Waals surface area contributed by atoms with E-state index in [1.807, 2.05) is 12.1 Å². The van der Waals surface area contributed by atoms with Crippen LogP contribution in [0.4, 0.5) is 0 Å². The minimum Gasteiger partial charge on any atom is -0.388 e. The SMILES string of the molecule is CC(C)CC(O)(CC(C)C)C(N)c1ccc2ccccc2c1. The molecule has 2 nitrogen and oxygen atoms in total. The molecule has 2 aromatic carbocycles. The molecule has 0 aliphatic heterocycles. The molecule has 0 saturated heterocycles. The molecule has 0 radical (unpaired) electrons. The van der Waals surface area contributed by atoms with Crippen LogP contribution in [0, 0.1) is 11.8 Å². The van der Waals surface area contributed by atoms with E-state index in [1.54, 1.807) is 0 Å². The summed E-state index contributed by atoms with van der Waals surface area (Å²) in [6, 6.07) is 14.2. The van der Waals surface area contributed by atoms with Gasteiger partial charge in [0, 0.05) is 0 Å². The Hall–Kier alpha value is -1.38. The minimum atomic E-state index is -0.856. The molecule has 0 aromatic heterocycles. The average Bonchev–Trinajstić information content (AvgIpc) is 2.44. The number of hydrogen-bond acceptors (Lipinski definition) is 2. The molecule has 0 bridgehead atoms. The lowest BCUT2D eigenvalue weighted by Gasteiger charge is -2.37. The molecule has 1 unspecified atom stereocenters. The van der Waals surface area contributed by atoms with Crippen LogP contribution in [0.2, 0.25) is 0 Å². The summed E-state index contributed by atoms with van der Waals surface area (Å²) in [5, 5.41) is 13.6. The first-order valence-electron chi connectivity index (χ1n) is 8.28. The first-order chi connectivity index (χ1) is 10.3. The summed E-state index contributed by atoms with van der Waals surface area (Å²) in [5.74, 6) is 0.825. The van der Waals surface area contributed by atoms with Crippen molar-refractivity contribution in [2.75, 3.05) is 0 Å². The molecule has 1 atom stereocenters. The molecule has 0 spiro atoms. The lowest BCUT2D eigenvalue weighted by Crippen LogP contribution is -2.43. The van der Waals surface area contributed by atoms with Crippen molar-refractivity contribution in [3.05, 3.63) is 48.0 Å². The maximum Gasteiger partial charge on any atom is 0.0844 e. The van der Waals surface area contributed by atoms with Crippen molar-refractivity contribution in [1.29, 1.82) is 0 Å². The number of aliphatic hydroxyl groups is 1. The zero-order chi connectivity index (χ0) is 16.3. The van der Waals surface area contributed by atoms with Gasteiger partial charge < -0.3 is 10.8 Å². The van der Waals surface area contributed by atoms with Crippen LogP contribution in [-0.2, 0) is 0 Å². The first kappa shape index (κ1) is 17.0. The maximum absolute atomic E-state index is 11.2. The zero-order valence-corrected chi connectivity index (χ0v) is 14.2. The van der Waals surface area contributed by atoms with E-state index in [9.17, 15) is 5.11 Å². The van der Waals surface area contributed by atoms with E-state index >= 15 is 0 Å². The van der Waals surface area contributed by atoms with Gasteiger partial charge in [0.15, 0.2) is 0 Å². The second-order valence-electron chi connectivity index (χ2n) is 7.38. The van der Waals surface area contributed by atoms with Crippen molar-refractivity contribution < 1.29 is 5.11 Å². The Bertz CT molecular complexity index is 608. The third-order valence-corrected chi connectivity index (χ3v) is 4.23. The van der Waals surface area contributed by atoms with E-state index in [0.717, 1.165) is 18.4 Å². The fourth-order valence-corrected chi connectivity index (χ4v) is 3.46. The van der Waals surface area contributed by atoms with E-state index < -0.39 is 5.60 Å². The number of fused-ring (bicyclic) bond motifs is 1. The van der Waals surface area contributed by atoms with Gasteiger partial charge in [-0.15, -0.1) is 0 Å². The summed E-state index contributed by atoms with van der Waals surface area (Å²) >= 11 is 0. The predicted octanol–water partition coefficient (Wildman–Crippen LogP) is 4.66. The lowest BCUT2D eigenvalue weighted by atomic mass is 9.77. The first-order valence-corrected chi connectivity index (χ1v) is 8.28. The Morgan fingerprint density at radius 2 is 1.45 bits per heavy atom. The van der Waals surface area contributed by atoms with Crippen molar-refractivity contribution in [3.8, 4) is 0 Å². The van der Waals surface area contributed by atoms with Crippen molar-refractivity contribution in [2.45, 2.75) is 52.2 Å². The van der Waals surface area contributed by atoms with Crippen LogP contribution in [0.15, 0.2) is 42.5 Å². The van der Waals surface area contributed by atoms with Gasteiger partial charge in [0.25, 0.3) is 0 Å². The lowest BCUT2D eigenvalue weighted by molar-refractivity contribution is -0.0237. The van der Waals surface area contributed by atoms with Crippen molar-refractivity contribution in [1.82, 2.24) is 0 Å². The standard InChI is InChI=1S/C20H29NO/c1-14(2)12-20(22,13-15(3)4)19(21)18-10-9-16-7-5-6-8-17(16)11-18/h5-11,14-15,19,22H,12-13,21H2,1-4H3. The molecule has 0 fully saturated rings. The van der Waals surface area contributed by atoms with Crippen LogP contribution in [0.25, 0.3) is 10.8 Å². The molecule has 3 N–H and O–H groups in total. The van der Waals surface area contributed by atoms with Crippen LogP contribution >= 0.6 is 0 Å². The van der Waals surface area contributed by atoms with Crippen LogP contribution in [0.3, 0.4) is 0 Å². The average molecular weight is 299 g/mol. The third-order valence-electron chi connectivity index (χ3n) is 4.23. The van der Waals surface area contributed by atoms with Crippen LogP contribution in [0.1, 0.15) is 52.1 Å². The quantitative estimate of drug-likeness (QED) is 0.814. The van der Waals surface area contributed by atoms with Crippen LogP contribution in [0.5, 0.6) is 0 Å². The summed E-state index contributed by atoms with van der Waals surface area (Å²) in [6.45, 7) is 8.55. The van der Waals surface area contributed by atoms with Gasteiger partial charge in [0.05, 0.1) is 11.6 Å². The van der Waals surface area contributed by atoms with Gasteiger partial charge in [0.1, 0.15) is 0 Å². The topological polar surface area (TPSA) is 46.2 Å². The number of benzene rings is 2. The fourth-order valence-electron chi connectivity index (χ4n) is 3.46. The summed E-state index contributed by atoms with van der Waals surface area (Å²) in [5.41, 5.74) is 6.67. The second kappa shape index (κ2) is 6.80. The molecule has 0 heterocycles. The van der Waals surface area contributed by atoms with Gasteiger partial charge in [0.2, 0.25) is 0 Å². The number of nitrogens with two attached hydrogens (primary N) is 1. The molecule has 0 saturated carbocycles. The van der Waals surface area contributed by atoms with E-state index in [-0.39, 0.29) is 6.04 Å². The Morgan fingerprint density at radius 1 is 0.909 bits per heavy atom. The molecule has 2 aromatic rings. The second-order valence-corrected chi connectivity index (χ2v) is 7.38. The number of rotatable bonds is 6. The van der Waals surface area contributed by atoms with Gasteiger partial charge in [-0.1, -0.05) is 64.1 Å². The van der Waals surface area contributed by atoms with Crippen LogP contribution < -0.4 is 5.73 Å². The third kappa shape index (κ3) is 3.88. The van der Waals surface area contributed by atoms with Gasteiger partial charge in [-0.2, -0.15) is 0 Å². The van der Waals surface area contributed by atoms with Gasteiger partial charge >= 0.3 is 0 Å². The predicted molar refractivity (Wildman–Crippen MR) is 94.7 cm³/mol.